The van der Waals surface area contributed by atoms with E-state index in [-0.39, 0.29) is 10.6 Å². The SMILES string of the molecule is CC1CCC(C)C(Nc2cccc([N+](=O)[O-])c2)C1. The lowest BCUT2D eigenvalue weighted by Crippen LogP contribution is -2.33. The van der Waals surface area contributed by atoms with E-state index in [1.165, 1.54) is 18.9 Å². The lowest BCUT2D eigenvalue weighted by Gasteiger charge is -2.34. The third-order valence-corrected chi connectivity index (χ3v) is 3.87. The van der Waals surface area contributed by atoms with E-state index < -0.39 is 0 Å². The van der Waals surface area contributed by atoms with Gasteiger partial charge in [0.05, 0.1) is 4.92 Å². The first kappa shape index (κ1) is 12.9. The molecule has 3 atom stereocenters. The fourth-order valence-corrected chi connectivity index (χ4v) is 2.66. The highest BCUT2D eigenvalue weighted by Gasteiger charge is 2.25. The van der Waals surface area contributed by atoms with Crippen molar-refractivity contribution in [1.29, 1.82) is 0 Å². The Kier molecular flexibility index (Phi) is 3.84. The van der Waals surface area contributed by atoms with Gasteiger partial charge < -0.3 is 5.32 Å². The maximum absolute atomic E-state index is 10.7. The van der Waals surface area contributed by atoms with Gasteiger partial charge in [-0.05, 0) is 30.7 Å². The Labute approximate surface area is 108 Å². The average molecular weight is 248 g/mol. The average Bonchev–Trinajstić information content (AvgIpc) is 2.34. The number of nitro groups is 1. The molecule has 98 valence electrons. The van der Waals surface area contributed by atoms with Gasteiger partial charge in [-0.3, -0.25) is 10.1 Å². The van der Waals surface area contributed by atoms with E-state index in [0.29, 0.717) is 12.0 Å². The van der Waals surface area contributed by atoms with Crippen LogP contribution in [0.2, 0.25) is 0 Å². The van der Waals surface area contributed by atoms with Crippen LogP contribution in [0.4, 0.5) is 11.4 Å². The number of benzene rings is 1. The van der Waals surface area contributed by atoms with Crippen LogP contribution in [0, 0.1) is 22.0 Å². The maximum Gasteiger partial charge on any atom is 0.271 e. The molecule has 0 aromatic heterocycles. The zero-order valence-corrected chi connectivity index (χ0v) is 10.9. The summed E-state index contributed by atoms with van der Waals surface area (Å²) in [6, 6.07) is 7.20. The number of nitrogens with zero attached hydrogens (tertiary/aromatic N) is 1. The molecular formula is C14H20N2O2. The molecule has 1 aliphatic carbocycles. The molecule has 1 aromatic carbocycles. The standard InChI is InChI=1S/C14H20N2O2/c1-10-6-7-11(2)14(8-10)15-12-4-3-5-13(9-12)16(17)18/h3-5,9-11,14-15H,6-8H2,1-2H3. The van der Waals surface area contributed by atoms with Gasteiger partial charge in [-0.2, -0.15) is 0 Å². The van der Waals surface area contributed by atoms with Crippen LogP contribution in [0.5, 0.6) is 0 Å². The first-order valence-electron chi connectivity index (χ1n) is 6.57. The van der Waals surface area contributed by atoms with Crippen LogP contribution >= 0.6 is 0 Å². The van der Waals surface area contributed by atoms with Crippen LogP contribution < -0.4 is 5.32 Å². The molecular weight excluding hydrogens is 228 g/mol. The predicted molar refractivity (Wildman–Crippen MR) is 72.7 cm³/mol. The molecule has 0 heterocycles. The molecule has 3 unspecified atom stereocenters. The van der Waals surface area contributed by atoms with E-state index in [9.17, 15) is 10.1 Å². The summed E-state index contributed by atoms with van der Waals surface area (Å²) in [5, 5.41) is 14.2. The van der Waals surface area contributed by atoms with Crippen LogP contribution in [-0.2, 0) is 0 Å². The summed E-state index contributed by atoms with van der Waals surface area (Å²) in [7, 11) is 0. The highest BCUT2D eigenvalue weighted by molar-refractivity contribution is 5.51. The summed E-state index contributed by atoms with van der Waals surface area (Å²) in [5.41, 5.74) is 1.01. The lowest BCUT2D eigenvalue weighted by molar-refractivity contribution is -0.384. The molecule has 1 aromatic rings. The number of nitro benzene ring substituents is 1. The van der Waals surface area contributed by atoms with Gasteiger partial charge in [0.25, 0.3) is 5.69 Å². The summed E-state index contributed by atoms with van der Waals surface area (Å²) in [6.07, 6.45) is 3.66. The molecule has 0 amide bonds. The fraction of sp³-hybridized carbons (Fsp3) is 0.571. The minimum atomic E-state index is -0.349. The summed E-state index contributed by atoms with van der Waals surface area (Å²) in [6.45, 7) is 4.52. The number of non-ortho nitro benzene ring substituents is 1. The molecule has 1 N–H and O–H groups in total. The Morgan fingerprint density at radius 3 is 2.83 bits per heavy atom. The van der Waals surface area contributed by atoms with Crippen molar-refractivity contribution >= 4 is 11.4 Å². The van der Waals surface area contributed by atoms with Crippen molar-refractivity contribution in [2.45, 2.75) is 39.2 Å². The van der Waals surface area contributed by atoms with Gasteiger partial charge in [-0.1, -0.05) is 26.3 Å². The third kappa shape index (κ3) is 3.00. The monoisotopic (exact) mass is 248 g/mol. The summed E-state index contributed by atoms with van der Waals surface area (Å²) < 4.78 is 0. The van der Waals surface area contributed by atoms with E-state index in [4.69, 9.17) is 0 Å². The molecule has 18 heavy (non-hydrogen) atoms. The van der Waals surface area contributed by atoms with Crippen molar-refractivity contribution in [1.82, 2.24) is 0 Å². The van der Waals surface area contributed by atoms with Crippen molar-refractivity contribution in [3.8, 4) is 0 Å². The predicted octanol–water partition coefficient (Wildman–Crippen LogP) is 3.83. The van der Waals surface area contributed by atoms with Crippen LogP contribution in [0.25, 0.3) is 0 Å². The van der Waals surface area contributed by atoms with Crippen molar-refractivity contribution in [2.24, 2.45) is 11.8 Å². The van der Waals surface area contributed by atoms with E-state index in [1.807, 2.05) is 6.07 Å². The second-order valence-corrected chi connectivity index (χ2v) is 5.45. The molecule has 0 saturated heterocycles. The Bertz CT molecular complexity index is 434. The van der Waals surface area contributed by atoms with Crippen LogP contribution in [-0.4, -0.2) is 11.0 Å². The molecule has 1 fully saturated rings. The number of anilines is 1. The molecule has 1 saturated carbocycles. The van der Waals surface area contributed by atoms with Crippen molar-refractivity contribution in [3.05, 3.63) is 34.4 Å². The topological polar surface area (TPSA) is 55.2 Å². The highest BCUT2D eigenvalue weighted by Crippen LogP contribution is 2.31. The quantitative estimate of drug-likeness (QED) is 0.653. The Morgan fingerprint density at radius 1 is 1.33 bits per heavy atom. The van der Waals surface area contributed by atoms with Gasteiger partial charge in [-0.25, -0.2) is 0 Å². The maximum atomic E-state index is 10.7. The Morgan fingerprint density at radius 2 is 2.11 bits per heavy atom. The molecule has 0 radical (unpaired) electrons. The number of nitrogens with one attached hydrogen (secondary N) is 1. The van der Waals surface area contributed by atoms with Gasteiger partial charge in [0.15, 0.2) is 0 Å². The largest absolute Gasteiger partial charge is 0.382 e. The van der Waals surface area contributed by atoms with E-state index in [0.717, 1.165) is 18.0 Å². The third-order valence-electron chi connectivity index (χ3n) is 3.87. The molecule has 4 heteroatoms. The zero-order valence-electron chi connectivity index (χ0n) is 10.9. The van der Waals surface area contributed by atoms with Crippen molar-refractivity contribution < 1.29 is 4.92 Å². The Hall–Kier alpha value is -1.58. The van der Waals surface area contributed by atoms with Gasteiger partial charge in [0.1, 0.15) is 0 Å². The molecule has 0 bridgehead atoms. The first-order chi connectivity index (χ1) is 8.56. The molecule has 4 nitrogen and oxygen atoms in total. The Balaban J connectivity index is 2.08. The van der Waals surface area contributed by atoms with Crippen LogP contribution in [0.1, 0.15) is 33.1 Å². The van der Waals surface area contributed by atoms with Crippen molar-refractivity contribution in [3.63, 3.8) is 0 Å². The summed E-state index contributed by atoms with van der Waals surface area (Å²) in [4.78, 5) is 10.4. The van der Waals surface area contributed by atoms with Crippen LogP contribution in [0.3, 0.4) is 0 Å². The molecule has 1 aliphatic rings. The van der Waals surface area contributed by atoms with Crippen LogP contribution in [0.15, 0.2) is 24.3 Å². The second-order valence-electron chi connectivity index (χ2n) is 5.45. The summed E-state index contributed by atoms with van der Waals surface area (Å²) >= 11 is 0. The number of hydrogen-bond donors (Lipinski definition) is 1. The fourth-order valence-electron chi connectivity index (χ4n) is 2.66. The van der Waals surface area contributed by atoms with E-state index >= 15 is 0 Å². The van der Waals surface area contributed by atoms with Gasteiger partial charge >= 0.3 is 0 Å². The highest BCUT2D eigenvalue weighted by atomic mass is 16.6. The molecule has 0 aliphatic heterocycles. The van der Waals surface area contributed by atoms with E-state index in [1.54, 1.807) is 12.1 Å². The van der Waals surface area contributed by atoms with E-state index in [2.05, 4.69) is 19.2 Å². The second kappa shape index (κ2) is 5.38. The smallest absolute Gasteiger partial charge is 0.271 e. The number of hydrogen-bond acceptors (Lipinski definition) is 3. The minimum Gasteiger partial charge on any atom is -0.382 e. The lowest BCUT2D eigenvalue weighted by atomic mass is 9.80. The first-order valence-corrected chi connectivity index (χ1v) is 6.57. The zero-order chi connectivity index (χ0) is 13.1. The minimum absolute atomic E-state index is 0.150. The number of rotatable bonds is 3. The van der Waals surface area contributed by atoms with Gasteiger partial charge in [-0.15, -0.1) is 0 Å². The molecule has 2 rings (SSSR count). The van der Waals surface area contributed by atoms with Gasteiger partial charge in [0.2, 0.25) is 0 Å². The normalized spacial score (nSPS) is 27.8. The van der Waals surface area contributed by atoms with Crippen molar-refractivity contribution in [2.75, 3.05) is 5.32 Å². The molecule has 0 spiro atoms. The summed E-state index contributed by atoms with van der Waals surface area (Å²) in [5.74, 6) is 1.36. The van der Waals surface area contributed by atoms with Gasteiger partial charge in [0, 0.05) is 23.9 Å².